The molecule has 0 saturated carbocycles. The van der Waals surface area contributed by atoms with Crippen molar-refractivity contribution >= 4 is 10.8 Å². The third kappa shape index (κ3) is 1.85. The number of benzene rings is 1. The lowest BCUT2D eigenvalue weighted by atomic mass is 10.0. The Hall–Kier alpha value is -2.69. The van der Waals surface area contributed by atoms with Crippen LogP contribution in [0.1, 0.15) is 0 Å². The highest BCUT2D eigenvalue weighted by Crippen LogP contribution is 2.29. The largest absolute Gasteiger partial charge is 0.490 e. The molecule has 3 aromatic rings. The zero-order valence-electron chi connectivity index (χ0n) is 10.3. The quantitative estimate of drug-likeness (QED) is 0.758. The third-order valence-corrected chi connectivity index (χ3v) is 2.94. The Balaban J connectivity index is 2.37. The van der Waals surface area contributed by atoms with E-state index in [4.69, 9.17) is 4.74 Å². The average molecular weight is 253 g/mol. The summed E-state index contributed by atoms with van der Waals surface area (Å²) in [6, 6.07) is 7.81. The van der Waals surface area contributed by atoms with Gasteiger partial charge in [0.05, 0.1) is 13.4 Å². The van der Waals surface area contributed by atoms with Crippen molar-refractivity contribution < 1.29 is 4.74 Å². The van der Waals surface area contributed by atoms with Crippen LogP contribution >= 0.6 is 0 Å². The topological polar surface area (TPSA) is 67.9 Å². The van der Waals surface area contributed by atoms with Gasteiger partial charge in [0.1, 0.15) is 5.69 Å². The van der Waals surface area contributed by atoms with Crippen molar-refractivity contribution in [3.63, 3.8) is 0 Å². The number of methoxy groups -OCH3 is 1. The van der Waals surface area contributed by atoms with E-state index in [9.17, 15) is 4.79 Å². The maximum atomic E-state index is 11.7. The molecule has 0 amide bonds. The number of H-pyrrole nitrogens is 1. The Morgan fingerprint density at radius 2 is 2.05 bits per heavy atom. The van der Waals surface area contributed by atoms with Crippen molar-refractivity contribution in [2.24, 2.45) is 0 Å². The van der Waals surface area contributed by atoms with Gasteiger partial charge in [0, 0.05) is 23.3 Å². The Kier molecular flexibility index (Phi) is 2.72. The lowest BCUT2D eigenvalue weighted by Crippen LogP contribution is -2.11. The number of ether oxygens (including phenoxy) is 1. The molecule has 0 aliphatic rings. The third-order valence-electron chi connectivity index (χ3n) is 2.94. The van der Waals surface area contributed by atoms with Crippen LogP contribution in [0.25, 0.3) is 22.0 Å². The van der Waals surface area contributed by atoms with Gasteiger partial charge in [0.2, 0.25) is 5.75 Å². The van der Waals surface area contributed by atoms with E-state index >= 15 is 0 Å². The zero-order valence-corrected chi connectivity index (χ0v) is 10.3. The van der Waals surface area contributed by atoms with Gasteiger partial charge in [-0.05, 0) is 5.39 Å². The van der Waals surface area contributed by atoms with Gasteiger partial charge < -0.3 is 9.72 Å². The molecule has 2 heterocycles. The minimum absolute atomic E-state index is 0.195. The van der Waals surface area contributed by atoms with Gasteiger partial charge in [-0.15, -0.1) is 0 Å². The summed E-state index contributed by atoms with van der Waals surface area (Å²) >= 11 is 0. The van der Waals surface area contributed by atoms with Crippen LogP contribution in [0.5, 0.6) is 5.75 Å². The highest BCUT2D eigenvalue weighted by molar-refractivity contribution is 5.95. The second-order valence-corrected chi connectivity index (χ2v) is 4.02. The Bertz CT molecular complexity index is 791. The van der Waals surface area contributed by atoms with Gasteiger partial charge in [-0.2, -0.15) is 0 Å². The predicted octanol–water partition coefficient (Wildman–Crippen LogP) is 1.99. The Morgan fingerprint density at radius 3 is 2.89 bits per heavy atom. The fourth-order valence-corrected chi connectivity index (χ4v) is 2.07. The van der Waals surface area contributed by atoms with Crippen molar-refractivity contribution in [2.75, 3.05) is 7.11 Å². The fourth-order valence-electron chi connectivity index (χ4n) is 2.07. The maximum absolute atomic E-state index is 11.7. The number of nitrogens with zero attached hydrogens (tertiary/aromatic N) is 2. The first-order chi connectivity index (χ1) is 9.31. The predicted molar refractivity (Wildman–Crippen MR) is 72.1 cm³/mol. The molecule has 0 aliphatic carbocycles. The first-order valence-corrected chi connectivity index (χ1v) is 5.76. The first kappa shape index (κ1) is 11.4. The summed E-state index contributed by atoms with van der Waals surface area (Å²) in [5.74, 6) is 0.195. The van der Waals surface area contributed by atoms with Crippen LogP contribution in [0.4, 0.5) is 0 Å². The summed E-state index contributed by atoms with van der Waals surface area (Å²) in [6.07, 6.45) is 4.83. The maximum Gasteiger partial charge on any atom is 0.293 e. The standard InChI is InChI=1S/C14H11N3O2/c1-19-13-12(16-8-17-14(13)18)11-7-15-6-9-4-2-3-5-10(9)11/h2-8H,1H3,(H,16,17,18). The van der Waals surface area contributed by atoms with E-state index in [1.54, 1.807) is 12.4 Å². The van der Waals surface area contributed by atoms with E-state index in [0.29, 0.717) is 5.69 Å². The number of nitrogens with one attached hydrogen (secondary N) is 1. The van der Waals surface area contributed by atoms with Crippen molar-refractivity contribution in [1.29, 1.82) is 0 Å². The molecule has 5 nitrogen and oxygen atoms in total. The molecule has 1 aromatic carbocycles. The van der Waals surface area contributed by atoms with Crippen LogP contribution in [0.2, 0.25) is 0 Å². The minimum Gasteiger partial charge on any atom is -0.490 e. The Labute approximate surface area is 108 Å². The molecular formula is C14H11N3O2. The molecule has 0 unspecified atom stereocenters. The van der Waals surface area contributed by atoms with Crippen LogP contribution in [0.3, 0.4) is 0 Å². The average Bonchev–Trinajstić information content (AvgIpc) is 2.46. The fraction of sp³-hybridized carbons (Fsp3) is 0.0714. The number of fused-ring (bicyclic) bond motifs is 1. The molecule has 0 saturated heterocycles. The minimum atomic E-state index is -0.305. The van der Waals surface area contributed by atoms with Crippen molar-refractivity contribution in [3.05, 3.63) is 53.3 Å². The van der Waals surface area contributed by atoms with Crippen LogP contribution < -0.4 is 10.3 Å². The van der Waals surface area contributed by atoms with Crippen LogP contribution in [0.15, 0.2) is 47.8 Å². The van der Waals surface area contributed by atoms with E-state index < -0.39 is 0 Å². The monoisotopic (exact) mass is 253 g/mol. The van der Waals surface area contributed by atoms with Crippen molar-refractivity contribution in [3.8, 4) is 17.0 Å². The molecule has 1 N–H and O–H groups in total. The highest BCUT2D eigenvalue weighted by Gasteiger charge is 2.13. The number of aromatic nitrogens is 3. The van der Waals surface area contributed by atoms with Gasteiger partial charge in [0.15, 0.2) is 0 Å². The molecule has 0 aliphatic heterocycles. The molecule has 2 aromatic heterocycles. The first-order valence-electron chi connectivity index (χ1n) is 5.76. The van der Waals surface area contributed by atoms with E-state index in [2.05, 4.69) is 15.0 Å². The molecule has 19 heavy (non-hydrogen) atoms. The molecule has 0 fully saturated rings. The SMILES string of the molecule is COc1c(-c2cncc3ccccc23)nc[nH]c1=O. The normalized spacial score (nSPS) is 10.6. The molecule has 0 atom stereocenters. The summed E-state index contributed by atoms with van der Waals surface area (Å²) in [7, 11) is 1.45. The van der Waals surface area contributed by atoms with Crippen LogP contribution in [-0.4, -0.2) is 22.1 Å². The molecule has 0 bridgehead atoms. The molecule has 0 spiro atoms. The second kappa shape index (κ2) is 4.53. The highest BCUT2D eigenvalue weighted by atomic mass is 16.5. The van der Waals surface area contributed by atoms with E-state index in [0.717, 1.165) is 16.3 Å². The van der Waals surface area contributed by atoms with Crippen molar-refractivity contribution in [1.82, 2.24) is 15.0 Å². The summed E-state index contributed by atoms with van der Waals surface area (Å²) < 4.78 is 5.15. The smallest absolute Gasteiger partial charge is 0.293 e. The lowest BCUT2D eigenvalue weighted by Gasteiger charge is -2.08. The van der Waals surface area contributed by atoms with E-state index in [-0.39, 0.29) is 11.3 Å². The van der Waals surface area contributed by atoms with E-state index in [1.165, 1.54) is 13.4 Å². The summed E-state index contributed by atoms with van der Waals surface area (Å²) in [5.41, 5.74) is 0.969. The van der Waals surface area contributed by atoms with Gasteiger partial charge in [-0.25, -0.2) is 4.98 Å². The van der Waals surface area contributed by atoms with E-state index in [1.807, 2.05) is 24.3 Å². The van der Waals surface area contributed by atoms with Gasteiger partial charge in [-0.3, -0.25) is 9.78 Å². The number of pyridine rings is 1. The van der Waals surface area contributed by atoms with Crippen LogP contribution in [0, 0.1) is 0 Å². The van der Waals surface area contributed by atoms with Gasteiger partial charge in [-0.1, -0.05) is 24.3 Å². The number of hydrogen-bond donors (Lipinski definition) is 1. The van der Waals surface area contributed by atoms with Crippen molar-refractivity contribution in [2.45, 2.75) is 0 Å². The second-order valence-electron chi connectivity index (χ2n) is 4.02. The molecule has 5 heteroatoms. The zero-order chi connectivity index (χ0) is 13.2. The summed E-state index contributed by atoms with van der Waals surface area (Å²) in [5, 5.41) is 1.97. The summed E-state index contributed by atoms with van der Waals surface area (Å²) in [6.45, 7) is 0. The summed E-state index contributed by atoms with van der Waals surface area (Å²) in [4.78, 5) is 22.6. The molecule has 94 valence electrons. The molecule has 3 rings (SSSR count). The lowest BCUT2D eigenvalue weighted by molar-refractivity contribution is 0.408. The molecule has 0 radical (unpaired) electrons. The Morgan fingerprint density at radius 1 is 1.21 bits per heavy atom. The number of rotatable bonds is 2. The number of hydrogen-bond acceptors (Lipinski definition) is 4. The van der Waals surface area contributed by atoms with Gasteiger partial charge >= 0.3 is 0 Å². The molecular weight excluding hydrogens is 242 g/mol. The van der Waals surface area contributed by atoms with Gasteiger partial charge in [0.25, 0.3) is 5.56 Å². The van der Waals surface area contributed by atoms with Crippen LogP contribution in [-0.2, 0) is 0 Å². The number of aromatic amines is 1.